The van der Waals surface area contributed by atoms with Gasteiger partial charge in [-0.15, -0.1) is 0 Å². The highest BCUT2D eigenvalue weighted by Crippen LogP contribution is 2.27. The number of ether oxygens (including phenoxy) is 2. The van der Waals surface area contributed by atoms with E-state index in [4.69, 9.17) is 9.47 Å². The van der Waals surface area contributed by atoms with Crippen LogP contribution in [0.4, 0.5) is 5.69 Å². The molecule has 3 aromatic carbocycles. The lowest BCUT2D eigenvalue weighted by molar-refractivity contribution is 0.355. The van der Waals surface area contributed by atoms with Gasteiger partial charge in [-0.2, -0.15) is 5.10 Å². The first kappa shape index (κ1) is 20.4. The van der Waals surface area contributed by atoms with Crippen molar-refractivity contribution in [3.63, 3.8) is 0 Å². The Balaban J connectivity index is 1.71. The largest absolute Gasteiger partial charge is 0.493 e. The molecule has 0 aliphatic rings. The molecule has 0 aliphatic heterocycles. The van der Waals surface area contributed by atoms with Gasteiger partial charge in [0.15, 0.2) is 11.5 Å². The van der Waals surface area contributed by atoms with E-state index in [2.05, 4.69) is 10.5 Å². The zero-order chi connectivity index (χ0) is 20.9. The third-order valence-electron chi connectivity index (χ3n) is 4.31. The molecule has 0 saturated carbocycles. The summed E-state index contributed by atoms with van der Waals surface area (Å²) >= 11 is 0. The minimum atomic E-state index is -3.54. The maximum Gasteiger partial charge on any atom is 0.206 e. The summed E-state index contributed by atoms with van der Waals surface area (Å²) in [6.45, 7) is 1.92. The number of nitrogens with zero attached hydrogens (tertiary/aromatic N) is 1. The molecule has 1 N–H and O–H groups in total. The van der Waals surface area contributed by atoms with Crippen molar-refractivity contribution in [2.24, 2.45) is 5.10 Å². The van der Waals surface area contributed by atoms with Crippen molar-refractivity contribution in [3.05, 3.63) is 77.9 Å². The zero-order valence-corrected chi connectivity index (χ0v) is 17.2. The maximum absolute atomic E-state index is 12.7. The van der Waals surface area contributed by atoms with E-state index in [0.717, 1.165) is 11.1 Å². The van der Waals surface area contributed by atoms with Crippen molar-refractivity contribution in [2.45, 2.75) is 16.7 Å². The second-order valence-corrected chi connectivity index (χ2v) is 8.27. The average Bonchev–Trinajstić information content (AvgIpc) is 2.74. The summed E-state index contributed by atoms with van der Waals surface area (Å²) in [5.74, 6) is 1.25. The molecular weight excluding hydrogens is 388 g/mol. The minimum absolute atomic E-state index is 0.232. The first-order chi connectivity index (χ1) is 13.9. The van der Waals surface area contributed by atoms with Crippen molar-refractivity contribution in [3.8, 4) is 11.5 Å². The molecule has 0 radical (unpaired) electrons. The molecular formula is C22H22N2O4S. The number of methoxy groups -OCH3 is 2. The molecule has 0 saturated heterocycles. The van der Waals surface area contributed by atoms with E-state index in [1.807, 2.05) is 13.0 Å². The minimum Gasteiger partial charge on any atom is -0.493 e. The van der Waals surface area contributed by atoms with Crippen LogP contribution in [0.5, 0.6) is 11.5 Å². The summed E-state index contributed by atoms with van der Waals surface area (Å²) < 4.78 is 35.9. The molecule has 0 amide bonds. The Kier molecular flexibility index (Phi) is 6.19. The van der Waals surface area contributed by atoms with Gasteiger partial charge in [0, 0.05) is 0 Å². The molecule has 7 heteroatoms. The van der Waals surface area contributed by atoms with Gasteiger partial charge in [0.1, 0.15) is 0 Å². The summed E-state index contributed by atoms with van der Waals surface area (Å²) in [4.78, 5) is 0.506. The number of hydrogen-bond donors (Lipinski definition) is 1. The summed E-state index contributed by atoms with van der Waals surface area (Å²) in [5, 5.41) is 4.18. The molecule has 150 valence electrons. The molecule has 0 unspecified atom stereocenters. The fourth-order valence-electron chi connectivity index (χ4n) is 2.68. The smallest absolute Gasteiger partial charge is 0.206 e. The van der Waals surface area contributed by atoms with E-state index < -0.39 is 9.84 Å². The van der Waals surface area contributed by atoms with Gasteiger partial charge in [-0.3, -0.25) is 5.43 Å². The van der Waals surface area contributed by atoms with Gasteiger partial charge in [0.2, 0.25) is 9.84 Å². The second-order valence-electron chi connectivity index (χ2n) is 6.33. The number of nitrogens with one attached hydrogen (secondary N) is 1. The Labute approximate surface area is 170 Å². The molecule has 0 atom stereocenters. The number of benzene rings is 3. The Bertz CT molecular complexity index is 1110. The number of rotatable bonds is 7. The van der Waals surface area contributed by atoms with Crippen LogP contribution in [0.25, 0.3) is 0 Å². The van der Waals surface area contributed by atoms with E-state index in [0.29, 0.717) is 17.2 Å². The number of hydrogen-bond acceptors (Lipinski definition) is 6. The lowest BCUT2D eigenvalue weighted by Crippen LogP contribution is -2.02. The molecule has 0 spiro atoms. The first-order valence-electron chi connectivity index (χ1n) is 8.87. The van der Waals surface area contributed by atoms with Gasteiger partial charge in [0.25, 0.3) is 0 Å². The predicted octanol–water partition coefficient (Wildman–Crippen LogP) is 4.29. The SMILES string of the molecule is COc1ccc(/C=N\Nc2ccc(S(=O)(=O)c3ccc(C)cc3)cc2)cc1OC. The Hall–Kier alpha value is -3.32. The monoisotopic (exact) mass is 410 g/mol. The van der Waals surface area contributed by atoms with Crippen molar-refractivity contribution >= 4 is 21.7 Å². The van der Waals surface area contributed by atoms with Crippen LogP contribution in [0.1, 0.15) is 11.1 Å². The van der Waals surface area contributed by atoms with Gasteiger partial charge in [-0.1, -0.05) is 17.7 Å². The lowest BCUT2D eigenvalue weighted by atomic mass is 10.2. The molecule has 0 aliphatic carbocycles. The fraction of sp³-hybridized carbons (Fsp3) is 0.136. The van der Waals surface area contributed by atoms with Crippen molar-refractivity contribution in [2.75, 3.05) is 19.6 Å². The summed E-state index contributed by atoms with van der Waals surface area (Å²) in [6.07, 6.45) is 1.64. The van der Waals surface area contributed by atoms with Crippen LogP contribution < -0.4 is 14.9 Å². The normalized spacial score (nSPS) is 11.4. The summed E-state index contributed by atoms with van der Waals surface area (Å²) in [7, 11) is -0.390. The number of aryl methyl sites for hydroxylation is 1. The van der Waals surface area contributed by atoms with Gasteiger partial charge in [-0.05, 0) is 67.1 Å². The van der Waals surface area contributed by atoms with E-state index in [1.54, 1.807) is 81.1 Å². The third-order valence-corrected chi connectivity index (χ3v) is 6.10. The molecule has 3 rings (SSSR count). The third kappa shape index (κ3) is 4.75. The Morgan fingerprint density at radius 2 is 1.41 bits per heavy atom. The van der Waals surface area contributed by atoms with E-state index in [1.165, 1.54) is 0 Å². The molecule has 6 nitrogen and oxygen atoms in total. The van der Waals surface area contributed by atoms with E-state index in [-0.39, 0.29) is 9.79 Å². The average molecular weight is 410 g/mol. The van der Waals surface area contributed by atoms with Gasteiger partial charge >= 0.3 is 0 Å². The van der Waals surface area contributed by atoms with Crippen LogP contribution in [0.3, 0.4) is 0 Å². The zero-order valence-electron chi connectivity index (χ0n) is 16.4. The van der Waals surface area contributed by atoms with Crippen molar-refractivity contribution in [1.29, 1.82) is 0 Å². The highest BCUT2D eigenvalue weighted by molar-refractivity contribution is 7.91. The molecule has 3 aromatic rings. The Morgan fingerprint density at radius 3 is 2.00 bits per heavy atom. The molecule has 0 fully saturated rings. The van der Waals surface area contributed by atoms with Crippen LogP contribution in [-0.4, -0.2) is 28.9 Å². The first-order valence-corrected chi connectivity index (χ1v) is 10.4. The summed E-state index contributed by atoms with van der Waals surface area (Å²) in [6, 6.07) is 18.7. The molecule has 0 aromatic heterocycles. The van der Waals surface area contributed by atoms with Gasteiger partial charge in [-0.25, -0.2) is 8.42 Å². The molecule has 29 heavy (non-hydrogen) atoms. The van der Waals surface area contributed by atoms with Crippen molar-refractivity contribution in [1.82, 2.24) is 0 Å². The second kappa shape index (κ2) is 8.79. The van der Waals surface area contributed by atoms with Crippen LogP contribution in [0, 0.1) is 6.92 Å². The van der Waals surface area contributed by atoms with Crippen LogP contribution in [0.15, 0.2) is 81.6 Å². The maximum atomic E-state index is 12.7. The fourth-order valence-corrected chi connectivity index (χ4v) is 3.94. The van der Waals surface area contributed by atoms with E-state index >= 15 is 0 Å². The van der Waals surface area contributed by atoms with Crippen LogP contribution in [-0.2, 0) is 9.84 Å². The van der Waals surface area contributed by atoms with Gasteiger partial charge in [0.05, 0.1) is 35.9 Å². The highest BCUT2D eigenvalue weighted by Gasteiger charge is 2.17. The molecule has 0 bridgehead atoms. The van der Waals surface area contributed by atoms with Crippen LogP contribution >= 0.6 is 0 Å². The number of anilines is 1. The topological polar surface area (TPSA) is 77.0 Å². The Morgan fingerprint density at radius 1 is 0.828 bits per heavy atom. The van der Waals surface area contributed by atoms with Crippen LogP contribution in [0.2, 0.25) is 0 Å². The number of sulfone groups is 1. The number of hydrazone groups is 1. The highest BCUT2D eigenvalue weighted by atomic mass is 32.2. The summed E-state index contributed by atoms with van der Waals surface area (Å²) in [5.41, 5.74) is 5.40. The van der Waals surface area contributed by atoms with E-state index in [9.17, 15) is 8.42 Å². The lowest BCUT2D eigenvalue weighted by Gasteiger charge is -2.08. The standard InChI is InChI=1S/C22H22N2O4S/c1-16-4-9-19(10-5-16)29(25,26)20-11-7-18(8-12-20)24-23-15-17-6-13-21(27-2)22(14-17)28-3/h4-15,24H,1-3H3/b23-15-. The van der Waals surface area contributed by atoms with Gasteiger partial charge < -0.3 is 9.47 Å². The predicted molar refractivity (Wildman–Crippen MR) is 114 cm³/mol. The van der Waals surface area contributed by atoms with Crippen molar-refractivity contribution < 1.29 is 17.9 Å². The quantitative estimate of drug-likeness (QED) is 0.464. The molecule has 0 heterocycles.